The third-order valence-electron chi connectivity index (χ3n) is 6.86. The van der Waals surface area contributed by atoms with Gasteiger partial charge in [0, 0.05) is 12.0 Å². The van der Waals surface area contributed by atoms with Crippen LogP contribution >= 0.6 is 11.8 Å². The molecule has 8 heteroatoms. The Morgan fingerprint density at radius 2 is 1.61 bits per heavy atom. The molecule has 7 nitrogen and oxygen atoms in total. The van der Waals surface area contributed by atoms with Gasteiger partial charge in [0.1, 0.15) is 0 Å². The fourth-order valence-electron chi connectivity index (χ4n) is 4.69. The minimum Gasteiger partial charge on any atom is -0.354 e. The summed E-state index contributed by atoms with van der Waals surface area (Å²) in [5.74, 6) is 0.644. The van der Waals surface area contributed by atoms with Crippen LogP contribution in [0.15, 0.2) is 94.9 Å². The van der Waals surface area contributed by atoms with Crippen LogP contribution in [0.5, 0.6) is 0 Å². The molecule has 0 bridgehead atoms. The number of aromatic nitrogens is 4. The van der Waals surface area contributed by atoms with Crippen molar-refractivity contribution in [2.45, 2.75) is 30.0 Å². The second-order valence-corrected chi connectivity index (χ2v) is 10.2. The Balaban J connectivity index is 1.25. The van der Waals surface area contributed by atoms with Crippen LogP contribution in [0.4, 0.5) is 0 Å². The fourth-order valence-corrected chi connectivity index (χ4v) is 5.46. The smallest absolute Gasteiger partial charge is 0.263 e. The lowest BCUT2D eigenvalue weighted by molar-refractivity contribution is -0.118. The van der Waals surface area contributed by atoms with Gasteiger partial charge in [-0.1, -0.05) is 84.6 Å². The van der Waals surface area contributed by atoms with Crippen LogP contribution < -0.4 is 10.9 Å². The Kier molecular flexibility index (Phi) is 5.81. The quantitative estimate of drug-likeness (QED) is 0.329. The minimum absolute atomic E-state index is 0.0409. The Labute approximate surface area is 212 Å². The summed E-state index contributed by atoms with van der Waals surface area (Å²) in [6, 6.07) is 27.6. The maximum Gasteiger partial charge on any atom is 0.263 e. The van der Waals surface area contributed by atoms with E-state index in [0.717, 1.165) is 23.9 Å². The van der Waals surface area contributed by atoms with Crippen molar-refractivity contribution in [1.29, 1.82) is 0 Å². The van der Waals surface area contributed by atoms with Crippen molar-refractivity contribution in [3.63, 3.8) is 0 Å². The van der Waals surface area contributed by atoms with E-state index in [1.807, 2.05) is 77.2 Å². The second kappa shape index (κ2) is 9.28. The van der Waals surface area contributed by atoms with Gasteiger partial charge < -0.3 is 5.32 Å². The zero-order chi connectivity index (χ0) is 24.5. The van der Waals surface area contributed by atoms with Gasteiger partial charge in [-0.05, 0) is 36.1 Å². The molecule has 0 aliphatic heterocycles. The minimum atomic E-state index is -0.112. The molecule has 0 radical (unpaired) electrons. The molecule has 1 amide bonds. The van der Waals surface area contributed by atoms with Gasteiger partial charge in [0.2, 0.25) is 11.7 Å². The summed E-state index contributed by atoms with van der Waals surface area (Å²) in [7, 11) is 0. The molecular formula is C28H25N5O2S. The van der Waals surface area contributed by atoms with Gasteiger partial charge in [-0.3, -0.25) is 18.6 Å². The summed E-state index contributed by atoms with van der Waals surface area (Å²) in [6.45, 7) is 1.02. The van der Waals surface area contributed by atoms with Gasteiger partial charge in [0.05, 0.1) is 23.2 Å². The number of fused-ring (bicyclic) bond motifs is 3. The number of nitrogens with zero attached hydrogens (tertiary/aromatic N) is 4. The van der Waals surface area contributed by atoms with Crippen molar-refractivity contribution < 1.29 is 4.79 Å². The Bertz CT molecular complexity index is 1610. The predicted molar refractivity (Wildman–Crippen MR) is 141 cm³/mol. The average molecular weight is 496 g/mol. The number of benzene rings is 3. The van der Waals surface area contributed by atoms with Crippen LogP contribution in [0.3, 0.4) is 0 Å². The highest BCUT2D eigenvalue weighted by Crippen LogP contribution is 2.47. The highest BCUT2D eigenvalue weighted by molar-refractivity contribution is 7.99. The predicted octanol–water partition coefficient (Wildman–Crippen LogP) is 4.03. The molecule has 0 atom stereocenters. The van der Waals surface area contributed by atoms with E-state index in [4.69, 9.17) is 0 Å². The van der Waals surface area contributed by atoms with Crippen molar-refractivity contribution in [2.24, 2.45) is 0 Å². The third-order valence-corrected chi connectivity index (χ3v) is 7.79. The number of nitrogens with one attached hydrogen (secondary N) is 1. The normalized spacial score (nSPS) is 14.2. The summed E-state index contributed by atoms with van der Waals surface area (Å²) in [5, 5.41) is 13.0. The summed E-state index contributed by atoms with van der Waals surface area (Å²) >= 11 is 1.33. The number of carbonyl (C=O) groups excluding carboxylic acids is 1. The Hall–Kier alpha value is -3.91. The highest BCUT2D eigenvalue weighted by atomic mass is 32.2. The SMILES string of the molecule is O=C(CSc1nnc2n(Cc3ccccc3)c(=O)c3ccccc3n12)NCC1(c2ccccc2)CC1. The molecule has 36 heavy (non-hydrogen) atoms. The fraction of sp³-hybridized carbons (Fsp3) is 0.214. The maximum atomic E-state index is 13.3. The zero-order valence-corrected chi connectivity index (χ0v) is 20.4. The first kappa shape index (κ1) is 22.5. The molecule has 1 aliphatic rings. The molecule has 2 aromatic heterocycles. The van der Waals surface area contributed by atoms with E-state index in [1.165, 1.54) is 17.3 Å². The monoisotopic (exact) mass is 495 g/mol. The zero-order valence-electron chi connectivity index (χ0n) is 19.6. The molecular weight excluding hydrogens is 470 g/mol. The maximum absolute atomic E-state index is 13.3. The van der Waals surface area contributed by atoms with E-state index in [1.54, 1.807) is 4.57 Å². The van der Waals surface area contributed by atoms with Crippen molar-refractivity contribution in [3.8, 4) is 0 Å². The molecule has 0 saturated heterocycles. The van der Waals surface area contributed by atoms with Crippen molar-refractivity contribution in [1.82, 2.24) is 24.5 Å². The Morgan fingerprint density at radius 1 is 0.917 bits per heavy atom. The lowest BCUT2D eigenvalue weighted by Crippen LogP contribution is -2.33. The number of para-hydroxylation sites is 1. The first-order valence-corrected chi connectivity index (χ1v) is 13.0. The molecule has 1 aliphatic carbocycles. The molecule has 6 rings (SSSR count). The van der Waals surface area contributed by atoms with Crippen molar-refractivity contribution in [2.75, 3.05) is 12.3 Å². The number of hydrogen-bond acceptors (Lipinski definition) is 5. The first-order chi connectivity index (χ1) is 17.6. The standard InChI is InChI=1S/C28H25N5O2S/c34-24(29-19-28(15-16-28)21-11-5-2-6-12-21)18-36-27-31-30-26-32(17-20-9-3-1-4-10-20)25(35)22-13-7-8-14-23(22)33(26)27/h1-14H,15-19H2,(H,29,34). The first-order valence-electron chi connectivity index (χ1n) is 12.0. The van der Waals surface area contributed by atoms with Gasteiger partial charge in [-0.2, -0.15) is 0 Å². The van der Waals surface area contributed by atoms with Crippen LogP contribution in [-0.2, 0) is 16.8 Å². The average Bonchev–Trinajstić information content (AvgIpc) is 3.61. The van der Waals surface area contributed by atoms with Gasteiger partial charge in [0.25, 0.3) is 5.56 Å². The summed E-state index contributed by atoms with van der Waals surface area (Å²) in [4.78, 5) is 26.1. The molecule has 2 heterocycles. The molecule has 5 aromatic rings. The van der Waals surface area contributed by atoms with Crippen LogP contribution in [0.2, 0.25) is 0 Å². The lowest BCUT2D eigenvalue weighted by Gasteiger charge is -2.16. The molecule has 3 aromatic carbocycles. The summed E-state index contributed by atoms with van der Waals surface area (Å²) in [6.07, 6.45) is 2.17. The van der Waals surface area contributed by atoms with E-state index in [2.05, 4.69) is 27.6 Å². The second-order valence-electron chi connectivity index (χ2n) is 9.22. The molecule has 1 saturated carbocycles. The van der Waals surface area contributed by atoms with E-state index in [-0.39, 0.29) is 22.6 Å². The molecule has 0 unspecified atom stereocenters. The van der Waals surface area contributed by atoms with Gasteiger partial charge in [-0.15, -0.1) is 10.2 Å². The van der Waals surface area contributed by atoms with Gasteiger partial charge in [-0.25, -0.2) is 0 Å². The number of amides is 1. The number of rotatable bonds is 8. The van der Waals surface area contributed by atoms with Crippen molar-refractivity contribution in [3.05, 3.63) is 106 Å². The summed E-state index contributed by atoms with van der Waals surface area (Å²) in [5.41, 5.74) is 2.97. The highest BCUT2D eigenvalue weighted by Gasteiger charge is 2.44. The van der Waals surface area contributed by atoms with E-state index in [0.29, 0.717) is 29.4 Å². The third kappa shape index (κ3) is 4.18. The van der Waals surface area contributed by atoms with Crippen LogP contribution in [0.25, 0.3) is 16.7 Å². The topological polar surface area (TPSA) is 81.3 Å². The molecule has 0 spiro atoms. The number of hydrogen-bond donors (Lipinski definition) is 1. The molecule has 1 N–H and O–H groups in total. The van der Waals surface area contributed by atoms with Crippen LogP contribution in [0, 0.1) is 0 Å². The van der Waals surface area contributed by atoms with Gasteiger partial charge in [0.15, 0.2) is 5.16 Å². The molecule has 180 valence electrons. The van der Waals surface area contributed by atoms with Crippen LogP contribution in [0.1, 0.15) is 24.0 Å². The van der Waals surface area contributed by atoms with Gasteiger partial charge >= 0.3 is 0 Å². The van der Waals surface area contributed by atoms with E-state index in [9.17, 15) is 9.59 Å². The van der Waals surface area contributed by atoms with E-state index < -0.39 is 0 Å². The lowest BCUT2D eigenvalue weighted by atomic mass is 9.96. The number of thioether (sulfide) groups is 1. The Morgan fingerprint density at radius 3 is 2.36 bits per heavy atom. The largest absolute Gasteiger partial charge is 0.354 e. The van der Waals surface area contributed by atoms with Crippen molar-refractivity contribution >= 4 is 34.3 Å². The van der Waals surface area contributed by atoms with Crippen LogP contribution in [-0.4, -0.2) is 37.4 Å². The summed E-state index contributed by atoms with van der Waals surface area (Å²) < 4.78 is 3.52. The number of carbonyl (C=O) groups is 1. The van der Waals surface area contributed by atoms with E-state index >= 15 is 0 Å². The molecule has 1 fully saturated rings.